The van der Waals surface area contributed by atoms with Crippen LogP contribution in [-0.4, -0.2) is 50.1 Å². The number of nitrogen functional groups attached to an aromatic ring is 1. The lowest BCUT2D eigenvalue weighted by molar-refractivity contribution is -0.127. The van der Waals surface area contributed by atoms with Crippen molar-refractivity contribution in [3.63, 3.8) is 0 Å². The van der Waals surface area contributed by atoms with Gasteiger partial charge in [-0.1, -0.05) is 0 Å². The predicted octanol–water partition coefficient (Wildman–Crippen LogP) is -1.98. The summed E-state index contributed by atoms with van der Waals surface area (Å²) in [6, 6.07) is 1.30. The summed E-state index contributed by atoms with van der Waals surface area (Å²) in [7, 11) is -4.40. The molecule has 1 saturated heterocycles. The lowest BCUT2D eigenvalue weighted by atomic mass is 10.1. The molecule has 0 bridgehead atoms. The lowest BCUT2D eigenvalue weighted by Gasteiger charge is -2.29. The predicted molar refractivity (Wildman–Crippen MR) is 65.7 cm³/mol. The molecule has 5 N–H and O–H groups in total. The van der Waals surface area contributed by atoms with E-state index in [4.69, 9.17) is 25.0 Å². The first kappa shape index (κ1) is 15.1. The van der Waals surface area contributed by atoms with Gasteiger partial charge in [0.05, 0.1) is 13.2 Å². The van der Waals surface area contributed by atoms with Gasteiger partial charge in [0.1, 0.15) is 18.3 Å². The van der Waals surface area contributed by atoms with Gasteiger partial charge in [0, 0.05) is 6.20 Å². The fourth-order valence-corrected chi connectivity index (χ4v) is 2.22. The number of ether oxygens (including phenoxy) is 2. The van der Waals surface area contributed by atoms with Crippen molar-refractivity contribution >= 4 is 13.4 Å². The van der Waals surface area contributed by atoms with Crippen molar-refractivity contribution in [3.8, 4) is 0 Å². The zero-order valence-electron chi connectivity index (χ0n) is 10.2. The molecule has 1 aliphatic heterocycles. The highest BCUT2D eigenvalue weighted by Crippen LogP contribution is 2.37. The van der Waals surface area contributed by atoms with E-state index in [-0.39, 0.29) is 19.0 Å². The molecule has 10 nitrogen and oxygen atoms in total. The molecular formula is C9H14N3O7P. The molecule has 2 heterocycles. The zero-order valence-corrected chi connectivity index (χ0v) is 11.1. The Labute approximate surface area is 112 Å². The summed E-state index contributed by atoms with van der Waals surface area (Å²) in [5, 5.41) is 10.5. The van der Waals surface area contributed by atoms with E-state index in [0.717, 1.165) is 4.57 Å². The van der Waals surface area contributed by atoms with Gasteiger partial charge >= 0.3 is 13.3 Å². The second kappa shape index (κ2) is 5.24. The summed E-state index contributed by atoms with van der Waals surface area (Å²) >= 11 is 0. The van der Waals surface area contributed by atoms with Crippen LogP contribution in [0.5, 0.6) is 0 Å². The van der Waals surface area contributed by atoms with E-state index in [1.165, 1.54) is 12.3 Å². The Balaban J connectivity index is 2.27. The van der Waals surface area contributed by atoms with Gasteiger partial charge in [0.15, 0.2) is 5.72 Å². The Hall–Kier alpha value is -1.29. The number of nitrogens with two attached hydrogens (primary N) is 1. The third-order valence-electron chi connectivity index (χ3n) is 2.79. The fourth-order valence-electron chi connectivity index (χ4n) is 1.85. The highest BCUT2D eigenvalue weighted by Gasteiger charge is 2.46. The average molecular weight is 307 g/mol. The SMILES string of the molecule is Nc1ccn(C2(O)COC[C@@H]2OCP(=O)(O)O)c(=O)n1. The number of hydrogen-bond donors (Lipinski definition) is 4. The fraction of sp³-hybridized carbons (Fsp3) is 0.556. The maximum absolute atomic E-state index is 11.7. The van der Waals surface area contributed by atoms with Crippen molar-refractivity contribution in [2.45, 2.75) is 11.8 Å². The second-order valence-corrected chi connectivity index (χ2v) is 5.94. The van der Waals surface area contributed by atoms with Crippen LogP contribution in [0.4, 0.5) is 5.82 Å². The molecule has 0 saturated carbocycles. The Morgan fingerprint density at radius 3 is 2.95 bits per heavy atom. The Bertz CT molecular complexity index is 599. The highest BCUT2D eigenvalue weighted by molar-refractivity contribution is 7.51. The standard InChI is InChI=1S/C9H14N3O7P/c10-7-1-2-12(8(13)11-7)9(14)4-18-3-6(9)19-5-20(15,16)17/h1-2,6,14H,3-5H2,(H2,10,11,13)(H2,15,16,17)/t6-,9?/m0/s1. The first-order valence-corrected chi connectivity index (χ1v) is 7.34. The van der Waals surface area contributed by atoms with Crippen molar-refractivity contribution in [1.29, 1.82) is 0 Å². The lowest BCUT2D eigenvalue weighted by Crippen LogP contribution is -2.51. The first-order valence-electron chi connectivity index (χ1n) is 5.54. The zero-order chi connectivity index (χ0) is 15.0. The van der Waals surface area contributed by atoms with Gasteiger partial charge in [-0.05, 0) is 6.07 Å². The van der Waals surface area contributed by atoms with E-state index in [1.54, 1.807) is 0 Å². The summed E-state index contributed by atoms with van der Waals surface area (Å²) in [5.41, 5.74) is 2.64. The minimum absolute atomic E-state index is 0.0125. The van der Waals surface area contributed by atoms with Gasteiger partial charge in [0.2, 0.25) is 0 Å². The molecule has 2 atom stereocenters. The topological polar surface area (TPSA) is 157 Å². The van der Waals surface area contributed by atoms with Gasteiger partial charge < -0.3 is 30.1 Å². The molecule has 2 rings (SSSR count). The van der Waals surface area contributed by atoms with Crippen molar-refractivity contribution in [2.75, 3.05) is 25.3 Å². The maximum atomic E-state index is 11.7. The number of rotatable bonds is 4. The van der Waals surface area contributed by atoms with E-state index in [0.29, 0.717) is 0 Å². The third-order valence-corrected chi connectivity index (χ3v) is 3.27. The minimum Gasteiger partial charge on any atom is -0.383 e. The summed E-state index contributed by atoms with van der Waals surface area (Å²) in [5.74, 6) is -0.0125. The monoisotopic (exact) mass is 307 g/mol. The molecule has 1 aromatic heterocycles. The molecule has 11 heteroatoms. The molecule has 112 valence electrons. The van der Waals surface area contributed by atoms with E-state index in [1.807, 2.05) is 0 Å². The van der Waals surface area contributed by atoms with Crippen LogP contribution >= 0.6 is 7.60 Å². The molecule has 0 aliphatic carbocycles. The maximum Gasteiger partial charge on any atom is 0.351 e. The van der Waals surface area contributed by atoms with Gasteiger partial charge in [-0.15, -0.1) is 0 Å². The molecule has 1 aromatic rings. The number of anilines is 1. The Morgan fingerprint density at radius 1 is 1.65 bits per heavy atom. The van der Waals surface area contributed by atoms with Gasteiger partial charge in [-0.3, -0.25) is 9.13 Å². The molecule has 0 aromatic carbocycles. The summed E-state index contributed by atoms with van der Waals surface area (Å²) < 4.78 is 21.7. The molecule has 20 heavy (non-hydrogen) atoms. The number of hydrogen-bond acceptors (Lipinski definition) is 7. The van der Waals surface area contributed by atoms with E-state index < -0.39 is 31.5 Å². The number of aromatic nitrogens is 2. The Morgan fingerprint density at radius 2 is 2.35 bits per heavy atom. The summed E-state index contributed by atoms with van der Waals surface area (Å²) in [6.45, 7) is -0.391. The van der Waals surface area contributed by atoms with Crippen molar-refractivity contribution < 1.29 is 28.9 Å². The Kier molecular flexibility index (Phi) is 3.96. The van der Waals surface area contributed by atoms with Crippen LogP contribution in [0.15, 0.2) is 17.1 Å². The molecule has 0 spiro atoms. The number of nitrogens with zero attached hydrogens (tertiary/aromatic N) is 2. The average Bonchev–Trinajstić information content (AvgIpc) is 2.67. The van der Waals surface area contributed by atoms with Gasteiger partial charge in [-0.25, -0.2) is 4.79 Å². The smallest absolute Gasteiger partial charge is 0.351 e. The van der Waals surface area contributed by atoms with Crippen LogP contribution in [0, 0.1) is 0 Å². The van der Waals surface area contributed by atoms with Crippen molar-refractivity contribution in [3.05, 3.63) is 22.7 Å². The molecule has 0 radical (unpaired) electrons. The first-order chi connectivity index (χ1) is 9.22. The van der Waals surface area contributed by atoms with Crippen LogP contribution in [-0.2, 0) is 19.8 Å². The third kappa shape index (κ3) is 3.06. The van der Waals surface area contributed by atoms with Crippen LogP contribution in [0.3, 0.4) is 0 Å². The molecule has 1 fully saturated rings. The quantitative estimate of drug-likeness (QED) is 0.463. The molecule has 0 amide bonds. The largest absolute Gasteiger partial charge is 0.383 e. The van der Waals surface area contributed by atoms with E-state index in [2.05, 4.69) is 4.98 Å². The van der Waals surface area contributed by atoms with Crippen LogP contribution in [0.2, 0.25) is 0 Å². The summed E-state index contributed by atoms with van der Waals surface area (Å²) in [4.78, 5) is 32.7. The van der Waals surface area contributed by atoms with Crippen LogP contribution in [0.1, 0.15) is 0 Å². The normalized spacial score (nSPS) is 26.9. The van der Waals surface area contributed by atoms with Crippen LogP contribution < -0.4 is 11.4 Å². The minimum atomic E-state index is -4.40. The van der Waals surface area contributed by atoms with Crippen LogP contribution in [0.25, 0.3) is 0 Å². The number of aliphatic hydroxyl groups is 1. The molecule has 1 unspecified atom stereocenters. The molecule has 1 aliphatic rings. The highest BCUT2D eigenvalue weighted by atomic mass is 31.2. The summed E-state index contributed by atoms with van der Waals surface area (Å²) in [6.07, 6.45) is -0.786. The van der Waals surface area contributed by atoms with Crippen molar-refractivity contribution in [2.24, 2.45) is 0 Å². The van der Waals surface area contributed by atoms with Gasteiger partial charge in [-0.2, -0.15) is 4.98 Å². The second-order valence-electron chi connectivity index (χ2n) is 4.35. The van der Waals surface area contributed by atoms with Gasteiger partial charge in [0.25, 0.3) is 0 Å². The molecular weight excluding hydrogens is 293 g/mol. The van der Waals surface area contributed by atoms with Crippen molar-refractivity contribution in [1.82, 2.24) is 9.55 Å². The van der Waals surface area contributed by atoms with E-state index in [9.17, 15) is 14.5 Å². The van der Waals surface area contributed by atoms with E-state index >= 15 is 0 Å².